The van der Waals surface area contributed by atoms with Crippen LogP contribution < -0.4 is 16.0 Å². The van der Waals surface area contributed by atoms with Crippen molar-refractivity contribution < 1.29 is 4.79 Å². The van der Waals surface area contributed by atoms with E-state index in [9.17, 15) is 4.79 Å². The number of hydrogen-bond acceptors (Lipinski definition) is 5. The van der Waals surface area contributed by atoms with Crippen LogP contribution in [-0.2, 0) is 4.79 Å². The maximum atomic E-state index is 12.1. The predicted octanol–water partition coefficient (Wildman–Crippen LogP) is 1.49. The molecule has 7 heteroatoms. The smallest absolute Gasteiger partial charge is 0.242 e. The van der Waals surface area contributed by atoms with Crippen molar-refractivity contribution in [3.8, 4) is 0 Å². The van der Waals surface area contributed by atoms with Crippen molar-refractivity contribution in [3.63, 3.8) is 0 Å². The van der Waals surface area contributed by atoms with Gasteiger partial charge in [0.2, 0.25) is 5.91 Å². The van der Waals surface area contributed by atoms with Gasteiger partial charge in [0.15, 0.2) is 11.5 Å². The number of hydrogen-bond donors (Lipinski definition) is 3. The molecule has 0 spiro atoms. The molecule has 2 aromatic heterocycles. The standard InChI is InChI=1S/C14H22N6O/c1-9(13(21)19-14(2,3)4)17-11-12-16-6-7-20(12)8-10(15-5)18-11/h6-9,15H,1-5H3,(H,17,18)(H,19,21). The van der Waals surface area contributed by atoms with E-state index in [0.29, 0.717) is 17.3 Å². The summed E-state index contributed by atoms with van der Waals surface area (Å²) < 4.78 is 1.86. The molecular weight excluding hydrogens is 268 g/mol. The maximum Gasteiger partial charge on any atom is 0.242 e. The third-order valence-electron chi connectivity index (χ3n) is 2.87. The molecule has 3 N–H and O–H groups in total. The SMILES string of the molecule is CNc1cn2ccnc2c(NC(C)C(=O)NC(C)(C)C)n1. The third kappa shape index (κ3) is 3.62. The summed E-state index contributed by atoms with van der Waals surface area (Å²) >= 11 is 0. The maximum absolute atomic E-state index is 12.1. The lowest BCUT2D eigenvalue weighted by molar-refractivity contribution is -0.122. The van der Waals surface area contributed by atoms with Gasteiger partial charge in [-0.1, -0.05) is 0 Å². The molecule has 0 aliphatic heterocycles. The molecule has 2 rings (SSSR count). The minimum atomic E-state index is -0.413. The number of nitrogens with zero attached hydrogens (tertiary/aromatic N) is 3. The number of aromatic nitrogens is 3. The van der Waals surface area contributed by atoms with Crippen molar-refractivity contribution in [2.24, 2.45) is 0 Å². The molecule has 0 aliphatic rings. The van der Waals surface area contributed by atoms with Gasteiger partial charge in [-0.05, 0) is 27.7 Å². The lowest BCUT2D eigenvalue weighted by Crippen LogP contribution is -2.47. The van der Waals surface area contributed by atoms with Crippen LogP contribution in [0.1, 0.15) is 27.7 Å². The van der Waals surface area contributed by atoms with E-state index in [-0.39, 0.29) is 11.4 Å². The molecule has 0 fully saturated rings. The molecule has 1 amide bonds. The molecule has 0 saturated carbocycles. The highest BCUT2D eigenvalue weighted by atomic mass is 16.2. The zero-order valence-corrected chi connectivity index (χ0v) is 13.1. The van der Waals surface area contributed by atoms with Crippen LogP contribution in [0.4, 0.5) is 11.6 Å². The number of nitrogens with one attached hydrogen (secondary N) is 3. The van der Waals surface area contributed by atoms with Gasteiger partial charge in [-0.25, -0.2) is 9.97 Å². The quantitative estimate of drug-likeness (QED) is 0.794. The lowest BCUT2D eigenvalue weighted by Gasteiger charge is -2.24. The molecule has 114 valence electrons. The molecule has 0 aromatic carbocycles. The summed E-state index contributed by atoms with van der Waals surface area (Å²) in [4.78, 5) is 20.8. The van der Waals surface area contributed by atoms with Crippen molar-refractivity contribution in [1.82, 2.24) is 19.7 Å². The van der Waals surface area contributed by atoms with Gasteiger partial charge < -0.3 is 20.4 Å². The summed E-state index contributed by atoms with van der Waals surface area (Å²) in [5.74, 6) is 1.19. The van der Waals surface area contributed by atoms with Gasteiger partial charge in [-0.15, -0.1) is 0 Å². The van der Waals surface area contributed by atoms with E-state index in [2.05, 4.69) is 25.9 Å². The van der Waals surface area contributed by atoms with Crippen LogP contribution >= 0.6 is 0 Å². The van der Waals surface area contributed by atoms with Crippen LogP contribution in [0.25, 0.3) is 5.65 Å². The summed E-state index contributed by atoms with van der Waals surface area (Å²) in [6, 6.07) is -0.413. The molecule has 2 heterocycles. The Morgan fingerprint density at radius 1 is 1.38 bits per heavy atom. The van der Waals surface area contributed by atoms with E-state index < -0.39 is 6.04 Å². The summed E-state index contributed by atoms with van der Waals surface area (Å²) in [7, 11) is 1.80. The molecule has 0 bridgehead atoms. The van der Waals surface area contributed by atoms with Gasteiger partial charge >= 0.3 is 0 Å². The molecule has 1 unspecified atom stereocenters. The first-order valence-electron chi connectivity index (χ1n) is 6.90. The Kier molecular flexibility index (Phi) is 4.02. The van der Waals surface area contributed by atoms with Gasteiger partial charge in [0.25, 0.3) is 0 Å². The first-order chi connectivity index (χ1) is 9.80. The zero-order chi connectivity index (χ0) is 15.6. The highest BCUT2D eigenvalue weighted by molar-refractivity contribution is 5.85. The second kappa shape index (κ2) is 5.59. The van der Waals surface area contributed by atoms with Crippen molar-refractivity contribution in [2.75, 3.05) is 17.7 Å². The van der Waals surface area contributed by atoms with Gasteiger partial charge in [-0.3, -0.25) is 4.79 Å². The topological polar surface area (TPSA) is 83.3 Å². The number of anilines is 2. The highest BCUT2D eigenvalue weighted by Crippen LogP contribution is 2.17. The lowest BCUT2D eigenvalue weighted by atomic mass is 10.1. The summed E-state index contributed by atoms with van der Waals surface area (Å²) in [5.41, 5.74) is 0.417. The Morgan fingerprint density at radius 2 is 2.10 bits per heavy atom. The molecule has 7 nitrogen and oxygen atoms in total. The normalized spacial score (nSPS) is 13.0. The fourth-order valence-electron chi connectivity index (χ4n) is 1.90. The van der Waals surface area contributed by atoms with Crippen molar-refractivity contribution in [1.29, 1.82) is 0 Å². The number of fused-ring (bicyclic) bond motifs is 1. The van der Waals surface area contributed by atoms with E-state index in [1.165, 1.54) is 0 Å². The molecular formula is C14H22N6O. The summed E-state index contributed by atoms with van der Waals surface area (Å²) in [6.07, 6.45) is 5.37. The van der Waals surface area contributed by atoms with Gasteiger partial charge in [0, 0.05) is 25.0 Å². The number of amides is 1. The first kappa shape index (κ1) is 15.1. The van der Waals surface area contributed by atoms with Gasteiger partial charge in [-0.2, -0.15) is 0 Å². The average molecular weight is 290 g/mol. The second-order valence-electron chi connectivity index (χ2n) is 5.99. The Balaban J connectivity index is 2.22. The number of imidazole rings is 1. The van der Waals surface area contributed by atoms with Gasteiger partial charge in [0.05, 0.1) is 6.20 Å². The third-order valence-corrected chi connectivity index (χ3v) is 2.87. The molecule has 0 saturated heterocycles. The Hall–Kier alpha value is -2.31. The second-order valence-corrected chi connectivity index (χ2v) is 5.99. The molecule has 2 aromatic rings. The number of carbonyl (C=O) groups is 1. The molecule has 0 aliphatic carbocycles. The molecule has 0 radical (unpaired) electrons. The van der Waals surface area contributed by atoms with E-state index in [0.717, 1.165) is 0 Å². The predicted molar refractivity (Wildman–Crippen MR) is 83.5 cm³/mol. The number of carbonyl (C=O) groups excluding carboxylic acids is 1. The van der Waals surface area contributed by atoms with Crippen LogP contribution in [-0.4, -0.2) is 38.9 Å². The molecule has 21 heavy (non-hydrogen) atoms. The summed E-state index contributed by atoms with van der Waals surface area (Å²) in [6.45, 7) is 7.65. The Bertz CT molecular complexity index is 642. The van der Waals surface area contributed by atoms with E-state index in [1.807, 2.05) is 37.6 Å². The van der Waals surface area contributed by atoms with E-state index >= 15 is 0 Å². The summed E-state index contributed by atoms with van der Waals surface area (Å²) in [5, 5.41) is 9.05. The van der Waals surface area contributed by atoms with E-state index in [1.54, 1.807) is 20.2 Å². The average Bonchev–Trinajstić information content (AvgIpc) is 2.84. The minimum absolute atomic E-state index is 0.0798. The van der Waals surface area contributed by atoms with Crippen LogP contribution in [0.5, 0.6) is 0 Å². The van der Waals surface area contributed by atoms with Crippen molar-refractivity contribution in [3.05, 3.63) is 18.6 Å². The van der Waals surface area contributed by atoms with Crippen molar-refractivity contribution >= 4 is 23.2 Å². The Morgan fingerprint density at radius 3 is 2.71 bits per heavy atom. The largest absolute Gasteiger partial charge is 0.372 e. The van der Waals surface area contributed by atoms with Crippen molar-refractivity contribution in [2.45, 2.75) is 39.3 Å². The first-order valence-corrected chi connectivity index (χ1v) is 6.90. The number of rotatable bonds is 4. The molecule has 1 atom stereocenters. The van der Waals surface area contributed by atoms with Gasteiger partial charge in [0.1, 0.15) is 11.9 Å². The highest BCUT2D eigenvalue weighted by Gasteiger charge is 2.20. The van der Waals surface area contributed by atoms with Crippen LogP contribution in [0.3, 0.4) is 0 Å². The van der Waals surface area contributed by atoms with Crippen LogP contribution in [0.2, 0.25) is 0 Å². The minimum Gasteiger partial charge on any atom is -0.372 e. The van der Waals surface area contributed by atoms with Crippen LogP contribution in [0, 0.1) is 0 Å². The Labute approximate surface area is 124 Å². The zero-order valence-electron chi connectivity index (χ0n) is 13.1. The van der Waals surface area contributed by atoms with Crippen LogP contribution in [0.15, 0.2) is 18.6 Å². The fourth-order valence-corrected chi connectivity index (χ4v) is 1.90. The monoisotopic (exact) mass is 290 g/mol. The van der Waals surface area contributed by atoms with E-state index in [4.69, 9.17) is 0 Å². The fraction of sp³-hybridized carbons (Fsp3) is 0.500.